The molecule has 1 aromatic heterocycles. The van der Waals surface area contributed by atoms with E-state index in [2.05, 4.69) is 35.8 Å². The van der Waals surface area contributed by atoms with Crippen molar-refractivity contribution in [2.24, 2.45) is 13.0 Å². The SMILES string of the molecule is CCCCN(CCCCN(C)C)C(=O)CN1CC(c2ccc3c(c2)OCO3)C(C(=O)O)C1CCc1nccn1C. The summed E-state index contributed by atoms with van der Waals surface area (Å²) in [4.78, 5) is 37.2. The molecule has 4 rings (SSSR count). The number of carbonyl (C=O) groups excluding carboxylic acids is 1. The first-order valence-electron chi connectivity index (χ1n) is 14.5. The fraction of sp³-hybridized carbons (Fsp3) is 0.633. The molecule has 3 atom stereocenters. The van der Waals surface area contributed by atoms with Crippen LogP contribution in [0.5, 0.6) is 11.5 Å². The van der Waals surface area contributed by atoms with Gasteiger partial charge in [0.2, 0.25) is 12.7 Å². The van der Waals surface area contributed by atoms with Crippen LogP contribution in [-0.2, 0) is 23.1 Å². The lowest BCUT2D eigenvalue weighted by Gasteiger charge is -2.30. The number of carboxylic acid groups (broad SMARTS) is 1. The fourth-order valence-corrected chi connectivity index (χ4v) is 5.96. The highest BCUT2D eigenvalue weighted by atomic mass is 16.7. The minimum absolute atomic E-state index is 0.0794. The molecule has 2 aliphatic rings. The Morgan fingerprint density at radius 3 is 2.55 bits per heavy atom. The van der Waals surface area contributed by atoms with Crippen molar-refractivity contribution in [1.29, 1.82) is 0 Å². The van der Waals surface area contributed by atoms with E-state index in [0.29, 0.717) is 30.9 Å². The third-order valence-electron chi connectivity index (χ3n) is 8.20. The first-order valence-corrected chi connectivity index (χ1v) is 14.5. The van der Waals surface area contributed by atoms with Gasteiger partial charge in [0.1, 0.15) is 5.82 Å². The van der Waals surface area contributed by atoms with Crippen molar-refractivity contribution in [1.82, 2.24) is 24.3 Å². The van der Waals surface area contributed by atoms with Crippen molar-refractivity contribution in [3.63, 3.8) is 0 Å². The molecule has 0 aliphatic carbocycles. The molecule has 1 amide bonds. The number of fused-ring (bicyclic) bond motifs is 1. The third-order valence-corrected chi connectivity index (χ3v) is 8.20. The van der Waals surface area contributed by atoms with Crippen LogP contribution in [0.25, 0.3) is 0 Å². The van der Waals surface area contributed by atoms with Gasteiger partial charge in [-0.3, -0.25) is 14.5 Å². The Morgan fingerprint density at radius 1 is 1.10 bits per heavy atom. The summed E-state index contributed by atoms with van der Waals surface area (Å²) in [6.07, 6.45) is 8.87. The summed E-state index contributed by atoms with van der Waals surface area (Å²) in [5.41, 5.74) is 0.903. The van der Waals surface area contributed by atoms with Gasteiger partial charge < -0.3 is 28.9 Å². The van der Waals surface area contributed by atoms with E-state index in [4.69, 9.17) is 9.47 Å². The maximum Gasteiger partial charge on any atom is 0.308 e. The monoisotopic (exact) mass is 555 g/mol. The Bertz CT molecular complexity index is 1140. The normalized spacial score (nSPS) is 20.4. The lowest BCUT2D eigenvalue weighted by atomic mass is 9.83. The van der Waals surface area contributed by atoms with Crippen LogP contribution in [0.3, 0.4) is 0 Å². The van der Waals surface area contributed by atoms with E-state index >= 15 is 0 Å². The van der Waals surface area contributed by atoms with Gasteiger partial charge in [-0.25, -0.2) is 4.98 Å². The van der Waals surface area contributed by atoms with Crippen LogP contribution >= 0.6 is 0 Å². The van der Waals surface area contributed by atoms with E-state index in [1.54, 1.807) is 6.20 Å². The van der Waals surface area contributed by atoms with Crippen molar-refractivity contribution in [2.45, 2.75) is 57.4 Å². The number of rotatable bonds is 15. The maximum atomic E-state index is 13.7. The molecule has 0 bridgehead atoms. The van der Waals surface area contributed by atoms with E-state index in [-0.39, 0.29) is 31.2 Å². The number of amides is 1. The van der Waals surface area contributed by atoms with Crippen LogP contribution in [0.15, 0.2) is 30.6 Å². The van der Waals surface area contributed by atoms with Gasteiger partial charge in [0, 0.05) is 57.5 Å². The first-order chi connectivity index (χ1) is 19.3. The number of aromatic nitrogens is 2. The third kappa shape index (κ3) is 7.34. The molecule has 3 heterocycles. The predicted octanol–water partition coefficient (Wildman–Crippen LogP) is 3.22. The van der Waals surface area contributed by atoms with E-state index < -0.39 is 11.9 Å². The van der Waals surface area contributed by atoms with Gasteiger partial charge in [-0.05, 0) is 64.0 Å². The van der Waals surface area contributed by atoms with Crippen molar-refractivity contribution in [3.05, 3.63) is 42.0 Å². The van der Waals surface area contributed by atoms with Crippen molar-refractivity contribution in [3.8, 4) is 11.5 Å². The van der Waals surface area contributed by atoms with Gasteiger partial charge in [0.15, 0.2) is 11.5 Å². The Labute approximate surface area is 237 Å². The Kier molecular flexibility index (Phi) is 10.4. The van der Waals surface area contributed by atoms with Crippen LogP contribution in [-0.4, -0.2) is 101 Å². The molecule has 220 valence electrons. The zero-order valence-corrected chi connectivity index (χ0v) is 24.4. The molecule has 1 aromatic carbocycles. The van der Waals surface area contributed by atoms with Crippen molar-refractivity contribution in [2.75, 3.05) is 53.6 Å². The summed E-state index contributed by atoms with van der Waals surface area (Å²) in [7, 11) is 6.08. The molecule has 10 nitrogen and oxygen atoms in total. The fourth-order valence-electron chi connectivity index (χ4n) is 5.96. The number of hydrogen-bond acceptors (Lipinski definition) is 7. The largest absolute Gasteiger partial charge is 0.481 e. The van der Waals surface area contributed by atoms with Gasteiger partial charge in [0.05, 0.1) is 12.5 Å². The van der Waals surface area contributed by atoms with Crippen LogP contribution in [0.2, 0.25) is 0 Å². The minimum Gasteiger partial charge on any atom is -0.481 e. The number of benzene rings is 1. The summed E-state index contributed by atoms with van der Waals surface area (Å²) in [5, 5.41) is 10.5. The summed E-state index contributed by atoms with van der Waals surface area (Å²) in [6.45, 7) is 5.47. The zero-order valence-electron chi connectivity index (χ0n) is 24.4. The number of imidazole rings is 1. The zero-order chi connectivity index (χ0) is 28.6. The molecule has 10 heteroatoms. The molecule has 0 radical (unpaired) electrons. The van der Waals surface area contributed by atoms with Crippen LogP contribution in [0.4, 0.5) is 0 Å². The van der Waals surface area contributed by atoms with Crippen LogP contribution < -0.4 is 9.47 Å². The van der Waals surface area contributed by atoms with Crippen molar-refractivity contribution < 1.29 is 24.2 Å². The lowest BCUT2D eigenvalue weighted by Crippen LogP contribution is -2.45. The minimum atomic E-state index is -0.839. The number of unbranched alkanes of at least 4 members (excludes halogenated alkanes) is 2. The number of aliphatic carboxylic acids is 1. The molecule has 2 aromatic rings. The molecule has 0 saturated carbocycles. The highest BCUT2D eigenvalue weighted by Crippen LogP contribution is 2.43. The lowest BCUT2D eigenvalue weighted by molar-refractivity contribution is -0.143. The molecule has 1 fully saturated rings. The predicted molar refractivity (Wildman–Crippen MR) is 153 cm³/mol. The number of hydrogen-bond donors (Lipinski definition) is 1. The number of ether oxygens (including phenoxy) is 2. The average molecular weight is 556 g/mol. The van der Waals surface area contributed by atoms with Crippen molar-refractivity contribution >= 4 is 11.9 Å². The smallest absolute Gasteiger partial charge is 0.308 e. The standard InChI is InChI=1S/C30H45N5O5/c1-5-6-15-34(16-8-7-14-32(2)3)28(36)20-35-19-23(22-9-11-25-26(18-22)40-21-39-25)29(30(37)38)24(35)10-12-27-31-13-17-33(27)4/h9,11,13,17-18,23-24,29H,5-8,10,12,14-16,19-21H2,1-4H3,(H,37,38). The summed E-state index contributed by atoms with van der Waals surface area (Å²) >= 11 is 0. The molecule has 40 heavy (non-hydrogen) atoms. The van der Waals surface area contributed by atoms with Gasteiger partial charge in [-0.1, -0.05) is 19.4 Å². The second-order valence-electron chi connectivity index (χ2n) is 11.3. The van der Waals surface area contributed by atoms with Gasteiger partial charge in [-0.2, -0.15) is 0 Å². The average Bonchev–Trinajstić information content (AvgIpc) is 3.64. The van der Waals surface area contributed by atoms with Gasteiger partial charge in [0.25, 0.3) is 0 Å². The molecule has 3 unspecified atom stereocenters. The molecule has 1 N–H and O–H groups in total. The summed E-state index contributed by atoms with van der Waals surface area (Å²) < 4.78 is 13.0. The van der Waals surface area contributed by atoms with E-state index in [1.165, 1.54) is 0 Å². The number of carbonyl (C=O) groups is 2. The van der Waals surface area contributed by atoms with Gasteiger partial charge >= 0.3 is 5.97 Å². The van der Waals surface area contributed by atoms with E-state index in [0.717, 1.165) is 56.7 Å². The topological polar surface area (TPSA) is 100 Å². The second-order valence-corrected chi connectivity index (χ2v) is 11.3. The summed E-state index contributed by atoms with van der Waals surface area (Å²) in [6, 6.07) is 5.40. The Balaban J connectivity index is 1.55. The molecular weight excluding hydrogens is 510 g/mol. The molecule has 1 saturated heterocycles. The number of nitrogens with zero attached hydrogens (tertiary/aromatic N) is 5. The first kappa shape index (κ1) is 29.9. The molecule has 0 spiro atoms. The molecular formula is C30H45N5O5. The molecule has 2 aliphatic heterocycles. The summed E-state index contributed by atoms with van der Waals surface area (Å²) in [5.74, 6) is 0.544. The second kappa shape index (κ2) is 14.0. The Hall–Kier alpha value is -3.11. The Morgan fingerprint density at radius 2 is 1.85 bits per heavy atom. The highest BCUT2D eigenvalue weighted by molar-refractivity contribution is 5.79. The highest BCUT2D eigenvalue weighted by Gasteiger charge is 2.47. The van der Waals surface area contributed by atoms with Gasteiger partial charge in [-0.15, -0.1) is 0 Å². The quantitative estimate of drug-likeness (QED) is 0.335. The van der Waals surface area contributed by atoms with E-state index in [9.17, 15) is 14.7 Å². The van der Waals surface area contributed by atoms with Crippen LogP contribution in [0, 0.1) is 5.92 Å². The number of likely N-dealkylation sites (tertiary alicyclic amines) is 1. The van der Waals surface area contributed by atoms with E-state index in [1.807, 2.05) is 40.9 Å². The maximum absolute atomic E-state index is 13.7. The number of aryl methyl sites for hydroxylation is 2. The van der Waals surface area contributed by atoms with Crippen LogP contribution in [0.1, 0.15) is 56.3 Å². The number of carboxylic acids is 1.